The van der Waals surface area contributed by atoms with Crippen molar-refractivity contribution in [1.29, 1.82) is 0 Å². The summed E-state index contributed by atoms with van der Waals surface area (Å²) >= 11 is 5.96. The van der Waals surface area contributed by atoms with Gasteiger partial charge in [-0.1, -0.05) is 18.0 Å². The number of carbonyl (C=O) groups is 2. The van der Waals surface area contributed by atoms with Crippen molar-refractivity contribution in [2.24, 2.45) is 5.92 Å². The van der Waals surface area contributed by atoms with Gasteiger partial charge in [0.2, 0.25) is 5.91 Å². The molecule has 5 nitrogen and oxygen atoms in total. The summed E-state index contributed by atoms with van der Waals surface area (Å²) in [6.45, 7) is 0.941. The molecular formula is C16H20ClNO4. The first-order chi connectivity index (χ1) is 10.6. The number of rotatable bonds is 7. The molecule has 6 heteroatoms. The van der Waals surface area contributed by atoms with Gasteiger partial charge in [-0.2, -0.15) is 0 Å². The zero-order valence-corrected chi connectivity index (χ0v) is 13.1. The molecule has 1 amide bonds. The molecule has 2 rings (SSSR count). The van der Waals surface area contributed by atoms with E-state index in [1.54, 1.807) is 6.07 Å². The summed E-state index contributed by atoms with van der Waals surface area (Å²) in [7, 11) is 0. The number of amides is 1. The van der Waals surface area contributed by atoms with Gasteiger partial charge >= 0.3 is 5.97 Å². The topological polar surface area (TPSA) is 75.6 Å². The Balaban J connectivity index is 1.71. The maximum Gasteiger partial charge on any atom is 0.303 e. The Morgan fingerprint density at radius 1 is 1.32 bits per heavy atom. The number of hydrogen-bond donors (Lipinski definition) is 2. The van der Waals surface area contributed by atoms with E-state index in [9.17, 15) is 9.59 Å². The Morgan fingerprint density at radius 2 is 2.14 bits per heavy atom. The van der Waals surface area contributed by atoms with Crippen LogP contribution in [0.4, 0.5) is 0 Å². The fourth-order valence-electron chi connectivity index (χ4n) is 2.47. The molecule has 2 N–H and O–H groups in total. The van der Waals surface area contributed by atoms with Gasteiger partial charge in [-0.3, -0.25) is 9.59 Å². The van der Waals surface area contributed by atoms with Crippen molar-refractivity contribution in [1.82, 2.24) is 5.32 Å². The first-order valence-electron chi connectivity index (χ1n) is 7.47. The van der Waals surface area contributed by atoms with Crippen LogP contribution in [0.25, 0.3) is 0 Å². The molecule has 1 aliphatic rings. The van der Waals surface area contributed by atoms with E-state index in [-0.39, 0.29) is 18.2 Å². The molecule has 120 valence electrons. The molecule has 1 aromatic rings. The van der Waals surface area contributed by atoms with Crippen molar-refractivity contribution in [3.8, 4) is 5.75 Å². The number of carbonyl (C=O) groups excluding carboxylic acids is 1. The highest BCUT2D eigenvalue weighted by molar-refractivity contribution is 6.30. The van der Waals surface area contributed by atoms with Crippen LogP contribution in [0.5, 0.6) is 5.75 Å². The summed E-state index contributed by atoms with van der Waals surface area (Å²) in [5.41, 5.74) is 0.959. The first kappa shape index (κ1) is 16.6. The van der Waals surface area contributed by atoms with E-state index in [0.717, 1.165) is 24.2 Å². The minimum atomic E-state index is -0.777. The van der Waals surface area contributed by atoms with Crippen LogP contribution in [0.15, 0.2) is 18.2 Å². The number of fused-ring (bicyclic) bond motifs is 1. The van der Waals surface area contributed by atoms with E-state index in [1.165, 1.54) is 0 Å². The zero-order chi connectivity index (χ0) is 15.9. The molecule has 0 bridgehead atoms. The summed E-state index contributed by atoms with van der Waals surface area (Å²) in [6, 6.07) is 5.44. The average molecular weight is 326 g/mol. The van der Waals surface area contributed by atoms with Crippen LogP contribution in [-0.2, 0) is 16.0 Å². The fourth-order valence-corrected chi connectivity index (χ4v) is 2.66. The normalized spacial score (nSPS) is 16.5. The van der Waals surface area contributed by atoms with Crippen LogP contribution in [0.3, 0.4) is 0 Å². The van der Waals surface area contributed by atoms with E-state index in [2.05, 4.69) is 5.32 Å². The summed E-state index contributed by atoms with van der Waals surface area (Å²) in [5.74, 6) is -0.211. The number of unbranched alkanes of at least 4 members (excludes halogenated alkanes) is 2. The smallest absolute Gasteiger partial charge is 0.303 e. The van der Waals surface area contributed by atoms with Crippen molar-refractivity contribution in [3.05, 3.63) is 28.8 Å². The molecule has 0 saturated carbocycles. The van der Waals surface area contributed by atoms with Crippen molar-refractivity contribution >= 4 is 23.5 Å². The summed E-state index contributed by atoms with van der Waals surface area (Å²) in [5, 5.41) is 12.1. The van der Waals surface area contributed by atoms with Gasteiger partial charge in [-0.05, 0) is 43.0 Å². The number of hydrogen-bond acceptors (Lipinski definition) is 3. The lowest BCUT2D eigenvalue weighted by atomic mass is 9.96. The highest BCUT2D eigenvalue weighted by atomic mass is 35.5. The van der Waals surface area contributed by atoms with Crippen molar-refractivity contribution in [3.63, 3.8) is 0 Å². The highest BCUT2D eigenvalue weighted by Crippen LogP contribution is 2.29. The monoisotopic (exact) mass is 325 g/mol. The summed E-state index contributed by atoms with van der Waals surface area (Å²) in [6.07, 6.45) is 3.04. The Labute approximate surface area is 134 Å². The molecule has 1 heterocycles. The quantitative estimate of drug-likeness (QED) is 0.756. The van der Waals surface area contributed by atoms with Gasteiger partial charge in [0.15, 0.2) is 0 Å². The lowest BCUT2D eigenvalue weighted by molar-refractivity contribution is -0.137. The van der Waals surface area contributed by atoms with E-state index >= 15 is 0 Å². The average Bonchev–Trinajstić information content (AvgIpc) is 2.49. The number of nitrogens with one attached hydrogen (secondary N) is 1. The third kappa shape index (κ3) is 4.91. The molecule has 0 saturated heterocycles. The number of carboxylic acid groups (broad SMARTS) is 1. The SMILES string of the molecule is O=C(O)CCCCCNC(=O)C1COc2ccc(Cl)cc2C1. The van der Waals surface area contributed by atoms with Crippen LogP contribution in [0.2, 0.25) is 5.02 Å². The standard InChI is InChI=1S/C16H20ClNO4/c17-13-5-6-14-11(9-13)8-12(10-22-14)16(21)18-7-3-1-2-4-15(19)20/h5-6,9,12H,1-4,7-8,10H2,(H,18,21)(H,19,20). The van der Waals surface area contributed by atoms with Crippen molar-refractivity contribution < 1.29 is 19.4 Å². The van der Waals surface area contributed by atoms with Gasteiger partial charge in [0, 0.05) is 18.0 Å². The summed E-state index contributed by atoms with van der Waals surface area (Å²) < 4.78 is 5.60. The Kier molecular flexibility index (Phi) is 6.07. The molecule has 0 spiro atoms. The van der Waals surface area contributed by atoms with Crippen LogP contribution < -0.4 is 10.1 Å². The second-order valence-electron chi connectivity index (χ2n) is 5.46. The maximum atomic E-state index is 12.1. The van der Waals surface area contributed by atoms with E-state index in [4.69, 9.17) is 21.4 Å². The number of benzene rings is 1. The molecule has 0 aliphatic carbocycles. The molecule has 0 radical (unpaired) electrons. The van der Waals surface area contributed by atoms with Crippen LogP contribution >= 0.6 is 11.6 Å². The Morgan fingerprint density at radius 3 is 2.91 bits per heavy atom. The summed E-state index contributed by atoms with van der Waals surface area (Å²) in [4.78, 5) is 22.5. The van der Waals surface area contributed by atoms with Crippen molar-refractivity contribution in [2.45, 2.75) is 32.1 Å². The molecule has 0 fully saturated rings. The van der Waals surface area contributed by atoms with E-state index in [1.807, 2.05) is 12.1 Å². The third-order valence-corrected chi connectivity index (χ3v) is 3.90. The fraction of sp³-hybridized carbons (Fsp3) is 0.500. The van der Waals surface area contributed by atoms with Gasteiger partial charge < -0.3 is 15.2 Å². The molecule has 1 unspecified atom stereocenters. The predicted octanol–water partition coefficient (Wildman–Crippen LogP) is 2.65. The second-order valence-corrected chi connectivity index (χ2v) is 5.90. The lowest BCUT2D eigenvalue weighted by Gasteiger charge is -2.24. The minimum Gasteiger partial charge on any atom is -0.492 e. The molecular weight excluding hydrogens is 306 g/mol. The number of halogens is 1. The number of ether oxygens (including phenoxy) is 1. The zero-order valence-electron chi connectivity index (χ0n) is 12.3. The van der Waals surface area contributed by atoms with Crippen LogP contribution in [-0.4, -0.2) is 30.1 Å². The van der Waals surface area contributed by atoms with E-state index < -0.39 is 5.97 Å². The maximum absolute atomic E-state index is 12.1. The molecule has 1 aromatic carbocycles. The van der Waals surface area contributed by atoms with Crippen LogP contribution in [0.1, 0.15) is 31.2 Å². The van der Waals surface area contributed by atoms with Gasteiger partial charge in [-0.25, -0.2) is 0 Å². The minimum absolute atomic E-state index is 0.0242. The largest absolute Gasteiger partial charge is 0.492 e. The Bertz CT molecular complexity index is 547. The van der Waals surface area contributed by atoms with Crippen molar-refractivity contribution in [2.75, 3.05) is 13.2 Å². The molecule has 1 atom stereocenters. The van der Waals surface area contributed by atoms with E-state index in [0.29, 0.717) is 31.0 Å². The molecule has 1 aliphatic heterocycles. The third-order valence-electron chi connectivity index (χ3n) is 3.67. The Hall–Kier alpha value is -1.75. The highest BCUT2D eigenvalue weighted by Gasteiger charge is 2.25. The van der Waals surface area contributed by atoms with Crippen LogP contribution in [0, 0.1) is 5.92 Å². The van der Waals surface area contributed by atoms with Gasteiger partial charge in [0.1, 0.15) is 12.4 Å². The lowest BCUT2D eigenvalue weighted by Crippen LogP contribution is -2.37. The first-order valence-corrected chi connectivity index (χ1v) is 7.85. The number of carboxylic acids is 1. The van der Waals surface area contributed by atoms with Gasteiger partial charge in [-0.15, -0.1) is 0 Å². The molecule has 22 heavy (non-hydrogen) atoms. The number of aliphatic carboxylic acids is 1. The predicted molar refractivity (Wildman–Crippen MR) is 83.3 cm³/mol. The molecule has 0 aromatic heterocycles. The van der Waals surface area contributed by atoms with Gasteiger partial charge in [0.25, 0.3) is 0 Å². The van der Waals surface area contributed by atoms with Gasteiger partial charge in [0.05, 0.1) is 5.92 Å². The second kappa shape index (κ2) is 8.03.